The van der Waals surface area contributed by atoms with Gasteiger partial charge in [0.15, 0.2) is 0 Å². The van der Waals surface area contributed by atoms with E-state index in [1.165, 1.54) is 13.2 Å². The molecular weight excluding hydrogens is 576 g/mol. The molecule has 2 aromatic heterocycles. The van der Waals surface area contributed by atoms with Crippen molar-refractivity contribution in [1.82, 2.24) is 19.9 Å². The number of carbonyl (C=O) groups excluding carboxylic acids is 2. The van der Waals surface area contributed by atoms with Crippen LogP contribution in [0.4, 0.5) is 28.7 Å². The van der Waals surface area contributed by atoms with E-state index in [0.717, 1.165) is 22.0 Å². The second kappa shape index (κ2) is 12.3. The molecule has 6 rings (SSSR count). The lowest BCUT2D eigenvalue weighted by Crippen LogP contribution is -2.47. The van der Waals surface area contributed by atoms with Crippen LogP contribution in [0.25, 0.3) is 22.2 Å². The second-order valence-electron chi connectivity index (χ2n) is 10.5. The molecule has 0 spiro atoms. The zero-order valence-electron chi connectivity index (χ0n) is 24.5. The molecule has 0 bridgehead atoms. The predicted octanol–water partition coefficient (Wildman–Crippen LogP) is 5.12. The normalized spacial score (nSPS) is 14.6. The fraction of sp³-hybridized carbons (Fsp3) is 0.188. The molecule has 1 saturated heterocycles. The molecule has 45 heavy (non-hydrogen) atoms. The van der Waals surface area contributed by atoms with Gasteiger partial charge in [-0.05, 0) is 30.2 Å². The SMILES string of the molecule is COc1cc(NCc2ccccc2NC2CCC(=O)NC2=O)c([N+](=O)[O-])cc1Nc1nccc(-c2cn(C)c3ccccc23)n1. The number of aryl methyl sites for hydroxylation is 1. The zero-order valence-corrected chi connectivity index (χ0v) is 24.5. The Labute approximate surface area is 257 Å². The molecule has 3 heterocycles. The van der Waals surface area contributed by atoms with E-state index in [4.69, 9.17) is 4.74 Å². The van der Waals surface area contributed by atoms with Crippen LogP contribution in [0.5, 0.6) is 5.75 Å². The van der Waals surface area contributed by atoms with Gasteiger partial charge in [-0.15, -0.1) is 0 Å². The number of rotatable bonds is 10. The predicted molar refractivity (Wildman–Crippen MR) is 170 cm³/mol. The van der Waals surface area contributed by atoms with Crippen molar-refractivity contribution in [2.24, 2.45) is 7.05 Å². The molecule has 0 saturated carbocycles. The molecule has 3 aromatic carbocycles. The maximum absolute atomic E-state index is 12.3. The van der Waals surface area contributed by atoms with Crippen molar-refractivity contribution >= 4 is 51.4 Å². The number of benzene rings is 3. The minimum absolute atomic E-state index is 0.181. The molecule has 1 unspecified atom stereocenters. The number of para-hydroxylation sites is 2. The summed E-state index contributed by atoms with van der Waals surface area (Å²) in [6.45, 7) is 0.212. The van der Waals surface area contributed by atoms with Crippen LogP contribution in [-0.4, -0.2) is 44.4 Å². The lowest BCUT2D eigenvalue weighted by molar-refractivity contribution is -0.383. The number of carbonyl (C=O) groups is 2. The van der Waals surface area contributed by atoms with Crippen molar-refractivity contribution in [3.63, 3.8) is 0 Å². The molecule has 13 heteroatoms. The standard InChI is InChI=1S/C32H30N8O5/c1-39-18-21(20-8-4-6-10-27(20)39)23-13-14-33-32(36-23)37-26-15-28(40(43)44)25(16-29(26)45-2)34-17-19-7-3-5-9-22(19)35-24-11-12-30(41)38-31(24)42/h3-10,13-16,18,24,34-35H,11-12,17H2,1-2H3,(H,33,36,37)(H,38,41,42). The Bertz CT molecular complexity index is 1940. The molecule has 0 aliphatic carbocycles. The summed E-state index contributed by atoms with van der Waals surface area (Å²) in [6.07, 6.45) is 4.25. The molecule has 228 valence electrons. The smallest absolute Gasteiger partial charge is 0.294 e. The fourth-order valence-corrected chi connectivity index (χ4v) is 5.39. The topological polar surface area (TPSA) is 165 Å². The number of nitro groups is 1. The molecule has 4 N–H and O–H groups in total. The van der Waals surface area contributed by atoms with Gasteiger partial charge >= 0.3 is 0 Å². The highest BCUT2D eigenvalue weighted by atomic mass is 16.6. The van der Waals surface area contributed by atoms with E-state index < -0.39 is 11.0 Å². The van der Waals surface area contributed by atoms with Crippen LogP contribution in [0.1, 0.15) is 18.4 Å². The summed E-state index contributed by atoms with van der Waals surface area (Å²) in [7, 11) is 3.45. The van der Waals surface area contributed by atoms with Crippen molar-refractivity contribution < 1.29 is 19.2 Å². The van der Waals surface area contributed by atoms with Crippen LogP contribution in [0.15, 0.2) is 79.1 Å². The average molecular weight is 607 g/mol. The summed E-state index contributed by atoms with van der Waals surface area (Å²) in [5.41, 5.74) is 4.53. The molecule has 0 radical (unpaired) electrons. The summed E-state index contributed by atoms with van der Waals surface area (Å²) < 4.78 is 7.63. The van der Waals surface area contributed by atoms with Crippen LogP contribution in [-0.2, 0) is 23.2 Å². The number of methoxy groups -OCH3 is 1. The Kier molecular flexibility index (Phi) is 7.97. The Balaban J connectivity index is 1.24. The van der Waals surface area contributed by atoms with Crippen LogP contribution < -0.4 is 26.0 Å². The van der Waals surface area contributed by atoms with Gasteiger partial charge in [0.2, 0.25) is 17.8 Å². The van der Waals surface area contributed by atoms with E-state index in [-0.39, 0.29) is 42.1 Å². The molecule has 2 amide bonds. The van der Waals surface area contributed by atoms with Crippen molar-refractivity contribution in [3.8, 4) is 17.0 Å². The minimum atomic E-state index is -0.565. The largest absolute Gasteiger partial charge is 0.494 e. The van der Waals surface area contributed by atoms with Gasteiger partial charge in [-0.25, -0.2) is 9.97 Å². The Morgan fingerprint density at radius 2 is 1.87 bits per heavy atom. The van der Waals surface area contributed by atoms with E-state index in [2.05, 4.69) is 31.2 Å². The second-order valence-corrected chi connectivity index (χ2v) is 10.5. The van der Waals surface area contributed by atoms with Gasteiger partial charge in [0, 0.05) is 66.7 Å². The molecular formula is C32H30N8O5. The average Bonchev–Trinajstić information content (AvgIpc) is 3.38. The molecule has 13 nitrogen and oxygen atoms in total. The number of anilines is 4. The summed E-state index contributed by atoms with van der Waals surface area (Å²) in [5.74, 6) is -0.0835. The number of piperidine rings is 1. The van der Waals surface area contributed by atoms with Crippen molar-refractivity contribution in [2.45, 2.75) is 25.4 Å². The molecule has 1 aliphatic heterocycles. The molecule has 5 aromatic rings. The van der Waals surface area contributed by atoms with E-state index in [0.29, 0.717) is 29.2 Å². The van der Waals surface area contributed by atoms with E-state index in [1.807, 2.05) is 72.4 Å². The Morgan fingerprint density at radius 3 is 2.67 bits per heavy atom. The highest BCUT2D eigenvalue weighted by molar-refractivity contribution is 6.01. The Morgan fingerprint density at radius 1 is 1.07 bits per heavy atom. The number of aromatic nitrogens is 3. The first-order chi connectivity index (χ1) is 21.8. The van der Waals surface area contributed by atoms with Crippen LogP contribution in [0.3, 0.4) is 0 Å². The summed E-state index contributed by atoms with van der Waals surface area (Å²) in [4.78, 5) is 44.5. The van der Waals surface area contributed by atoms with Crippen LogP contribution in [0, 0.1) is 10.1 Å². The van der Waals surface area contributed by atoms with E-state index in [1.54, 1.807) is 12.3 Å². The summed E-state index contributed by atoms with van der Waals surface area (Å²) in [6, 6.07) is 19.5. The first-order valence-corrected chi connectivity index (χ1v) is 14.2. The number of hydrogen-bond donors (Lipinski definition) is 4. The maximum Gasteiger partial charge on any atom is 0.294 e. The number of nitrogens with one attached hydrogen (secondary N) is 4. The highest BCUT2D eigenvalue weighted by Gasteiger charge is 2.27. The lowest BCUT2D eigenvalue weighted by Gasteiger charge is -2.24. The van der Waals surface area contributed by atoms with Gasteiger partial charge in [0.05, 0.1) is 23.4 Å². The zero-order chi connectivity index (χ0) is 31.5. The van der Waals surface area contributed by atoms with Gasteiger partial charge in [-0.3, -0.25) is 25.0 Å². The Hall–Kier alpha value is -5.98. The first kappa shape index (κ1) is 29.1. The van der Waals surface area contributed by atoms with Crippen LogP contribution in [0.2, 0.25) is 0 Å². The number of amides is 2. The summed E-state index contributed by atoms with van der Waals surface area (Å²) >= 11 is 0. The van der Waals surface area contributed by atoms with Gasteiger partial charge in [0.1, 0.15) is 17.5 Å². The van der Waals surface area contributed by atoms with Crippen molar-refractivity contribution in [2.75, 3.05) is 23.1 Å². The third kappa shape index (κ3) is 6.09. The number of hydrogen-bond acceptors (Lipinski definition) is 10. The number of nitro benzene ring substituents is 1. The summed E-state index contributed by atoms with van der Waals surface area (Å²) in [5, 5.41) is 25.0. The number of fused-ring (bicyclic) bond motifs is 1. The molecule has 1 aliphatic rings. The number of ether oxygens (including phenoxy) is 1. The number of nitrogens with zero attached hydrogens (tertiary/aromatic N) is 4. The van der Waals surface area contributed by atoms with Gasteiger partial charge in [-0.1, -0.05) is 36.4 Å². The molecule has 1 fully saturated rings. The van der Waals surface area contributed by atoms with Gasteiger partial charge < -0.3 is 25.3 Å². The van der Waals surface area contributed by atoms with E-state index in [9.17, 15) is 19.7 Å². The third-order valence-corrected chi connectivity index (χ3v) is 7.65. The first-order valence-electron chi connectivity index (χ1n) is 14.2. The maximum atomic E-state index is 12.3. The fourth-order valence-electron chi connectivity index (χ4n) is 5.39. The monoisotopic (exact) mass is 606 g/mol. The highest BCUT2D eigenvalue weighted by Crippen LogP contribution is 2.38. The van der Waals surface area contributed by atoms with Crippen molar-refractivity contribution in [1.29, 1.82) is 0 Å². The molecule has 1 atom stereocenters. The van der Waals surface area contributed by atoms with Crippen LogP contribution >= 0.6 is 0 Å². The third-order valence-electron chi connectivity index (χ3n) is 7.65. The van der Waals surface area contributed by atoms with Gasteiger partial charge in [0.25, 0.3) is 5.69 Å². The quantitative estimate of drug-likeness (QED) is 0.0952. The number of imide groups is 1. The van der Waals surface area contributed by atoms with Crippen molar-refractivity contribution in [3.05, 3.63) is 94.8 Å². The van der Waals surface area contributed by atoms with E-state index >= 15 is 0 Å². The van der Waals surface area contributed by atoms with Gasteiger partial charge in [-0.2, -0.15) is 0 Å². The minimum Gasteiger partial charge on any atom is -0.494 e. The lowest BCUT2D eigenvalue weighted by atomic mass is 10.0.